The SMILES string of the molecule is CCCCCC/C=C/CCCCCCCC(=O)O[C@H](COC(=O)CCCCCCCCCCCCCCCCCC)COP(=O)(O)OCCN. The maximum atomic E-state index is 12.5. The predicted octanol–water partition coefficient (Wildman–Crippen LogP) is 11.4. The van der Waals surface area contributed by atoms with Gasteiger partial charge in [0.2, 0.25) is 0 Å². The van der Waals surface area contributed by atoms with E-state index < -0.39 is 26.5 Å². The Morgan fingerprint density at radius 2 is 0.980 bits per heavy atom. The second-order valence-corrected chi connectivity index (χ2v) is 15.3. The number of phosphoric ester groups is 1. The molecule has 0 fully saturated rings. The van der Waals surface area contributed by atoms with Crippen LogP contribution >= 0.6 is 7.82 Å². The first-order chi connectivity index (χ1) is 24.3. The number of phosphoric acid groups is 1. The highest BCUT2D eigenvalue weighted by Gasteiger charge is 2.26. The van der Waals surface area contributed by atoms with Gasteiger partial charge < -0.3 is 20.1 Å². The highest BCUT2D eigenvalue weighted by Crippen LogP contribution is 2.43. The molecule has 0 heterocycles. The molecule has 0 aliphatic carbocycles. The molecular formula is C40H78NO8P. The number of esters is 2. The van der Waals surface area contributed by atoms with Crippen LogP contribution in [-0.2, 0) is 32.7 Å². The minimum Gasteiger partial charge on any atom is -0.462 e. The lowest BCUT2D eigenvalue weighted by Gasteiger charge is -2.19. The Morgan fingerprint density at radius 1 is 0.580 bits per heavy atom. The second kappa shape index (κ2) is 37.5. The summed E-state index contributed by atoms with van der Waals surface area (Å²) < 4.78 is 32.7. The van der Waals surface area contributed by atoms with Crippen LogP contribution in [0.2, 0.25) is 0 Å². The van der Waals surface area contributed by atoms with Gasteiger partial charge in [-0.3, -0.25) is 18.6 Å². The Morgan fingerprint density at radius 3 is 1.44 bits per heavy atom. The van der Waals surface area contributed by atoms with Crippen molar-refractivity contribution < 1.29 is 37.6 Å². The lowest BCUT2D eigenvalue weighted by Crippen LogP contribution is -2.29. The molecule has 0 bridgehead atoms. The van der Waals surface area contributed by atoms with Crippen LogP contribution in [0.4, 0.5) is 0 Å². The van der Waals surface area contributed by atoms with Crippen molar-refractivity contribution in [3.05, 3.63) is 12.2 Å². The normalized spacial score (nSPS) is 13.4. The standard InChI is InChI=1S/C40H78NO8P/c1-3-5-7-9-11-13-15-17-18-19-21-22-24-26-28-30-32-39(42)46-36-38(37-48-50(44,45)47-35-34-41)49-40(43)33-31-29-27-25-23-20-16-14-12-10-8-6-4-2/h14,16,38H,3-13,15,17-37,41H2,1-2H3,(H,44,45)/b16-14+/t38-/m1/s1. The summed E-state index contributed by atoms with van der Waals surface area (Å²) in [6.45, 7) is 3.72. The van der Waals surface area contributed by atoms with Gasteiger partial charge in [0.15, 0.2) is 6.10 Å². The fourth-order valence-corrected chi connectivity index (χ4v) is 6.57. The van der Waals surface area contributed by atoms with Crippen molar-refractivity contribution >= 4 is 19.8 Å². The Kier molecular flexibility index (Phi) is 36.6. The van der Waals surface area contributed by atoms with E-state index in [1.54, 1.807) is 0 Å². The monoisotopic (exact) mass is 732 g/mol. The van der Waals surface area contributed by atoms with Crippen LogP contribution in [-0.4, -0.2) is 49.3 Å². The topological polar surface area (TPSA) is 134 Å². The molecule has 0 radical (unpaired) electrons. The van der Waals surface area contributed by atoms with E-state index in [0.29, 0.717) is 6.42 Å². The number of carbonyl (C=O) groups excluding carboxylic acids is 2. The maximum absolute atomic E-state index is 12.5. The smallest absolute Gasteiger partial charge is 0.462 e. The van der Waals surface area contributed by atoms with Gasteiger partial charge in [0.1, 0.15) is 6.61 Å². The van der Waals surface area contributed by atoms with E-state index in [1.165, 1.54) is 116 Å². The van der Waals surface area contributed by atoms with Gasteiger partial charge in [-0.25, -0.2) is 4.57 Å². The van der Waals surface area contributed by atoms with Crippen molar-refractivity contribution in [1.29, 1.82) is 0 Å². The summed E-state index contributed by atoms with van der Waals surface area (Å²) in [5.41, 5.74) is 5.34. The third kappa shape index (κ3) is 36.5. The lowest BCUT2D eigenvalue weighted by atomic mass is 10.0. The molecule has 1 unspecified atom stereocenters. The fraction of sp³-hybridized carbons (Fsp3) is 0.900. The Hall–Kier alpha value is -1.25. The highest BCUT2D eigenvalue weighted by molar-refractivity contribution is 7.47. The van der Waals surface area contributed by atoms with Crippen molar-refractivity contribution in [2.75, 3.05) is 26.4 Å². The number of allylic oxidation sites excluding steroid dienone is 2. The summed E-state index contributed by atoms with van der Waals surface area (Å²) >= 11 is 0. The first-order valence-corrected chi connectivity index (χ1v) is 22.2. The van der Waals surface area contributed by atoms with E-state index in [0.717, 1.165) is 51.4 Å². The number of hydrogen-bond donors (Lipinski definition) is 2. The molecule has 0 rings (SSSR count). The minimum absolute atomic E-state index is 0.0547. The molecule has 0 aromatic rings. The molecule has 50 heavy (non-hydrogen) atoms. The maximum Gasteiger partial charge on any atom is 0.472 e. The van der Waals surface area contributed by atoms with Crippen LogP contribution in [0.1, 0.15) is 200 Å². The molecule has 0 saturated heterocycles. The van der Waals surface area contributed by atoms with Crippen LogP contribution in [0.5, 0.6) is 0 Å². The summed E-state index contributed by atoms with van der Waals surface area (Å²) in [5.74, 6) is -0.830. The van der Waals surface area contributed by atoms with Crippen molar-refractivity contribution in [3.8, 4) is 0 Å². The fourth-order valence-electron chi connectivity index (χ4n) is 5.81. The third-order valence-corrected chi connectivity index (χ3v) is 9.89. The predicted molar refractivity (Wildman–Crippen MR) is 206 cm³/mol. The van der Waals surface area contributed by atoms with Gasteiger partial charge in [0.05, 0.1) is 13.2 Å². The summed E-state index contributed by atoms with van der Waals surface area (Å²) in [5, 5.41) is 0. The van der Waals surface area contributed by atoms with E-state index in [1.807, 2.05) is 0 Å². The number of rotatable bonds is 39. The van der Waals surface area contributed by atoms with Gasteiger partial charge in [-0.2, -0.15) is 0 Å². The number of carbonyl (C=O) groups is 2. The van der Waals surface area contributed by atoms with Gasteiger partial charge in [-0.05, 0) is 38.5 Å². The molecule has 0 aliphatic heterocycles. The summed E-state index contributed by atoms with van der Waals surface area (Å²) in [6.07, 6.45) is 36.6. The third-order valence-electron chi connectivity index (χ3n) is 8.90. The van der Waals surface area contributed by atoms with Crippen molar-refractivity contribution in [1.82, 2.24) is 0 Å². The van der Waals surface area contributed by atoms with E-state index in [-0.39, 0.29) is 38.6 Å². The van der Waals surface area contributed by atoms with Crippen molar-refractivity contribution in [3.63, 3.8) is 0 Å². The molecule has 0 aliphatic rings. The summed E-state index contributed by atoms with van der Waals surface area (Å²) in [6, 6.07) is 0. The Balaban J connectivity index is 4.15. The quantitative estimate of drug-likeness (QED) is 0.0274. The molecule has 9 nitrogen and oxygen atoms in total. The zero-order valence-electron chi connectivity index (χ0n) is 32.4. The van der Waals surface area contributed by atoms with E-state index in [9.17, 15) is 19.0 Å². The molecule has 0 saturated carbocycles. The number of unbranched alkanes of at least 4 members (excludes halogenated alkanes) is 24. The van der Waals surface area contributed by atoms with Crippen molar-refractivity contribution in [2.24, 2.45) is 5.73 Å². The molecule has 296 valence electrons. The highest BCUT2D eigenvalue weighted by atomic mass is 31.2. The second-order valence-electron chi connectivity index (χ2n) is 13.9. The first kappa shape index (κ1) is 48.8. The molecule has 0 amide bonds. The Labute approximate surface area is 307 Å². The largest absolute Gasteiger partial charge is 0.472 e. The minimum atomic E-state index is -4.37. The van der Waals surface area contributed by atoms with Crippen LogP contribution in [0, 0.1) is 0 Å². The summed E-state index contributed by atoms with van der Waals surface area (Å²) in [4.78, 5) is 34.8. The zero-order valence-corrected chi connectivity index (χ0v) is 33.3. The molecule has 0 aromatic heterocycles. The average Bonchev–Trinajstić information content (AvgIpc) is 3.10. The zero-order chi connectivity index (χ0) is 36.8. The first-order valence-electron chi connectivity index (χ1n) is 20.7. The van der Waals surface area contributed by atoms with Crippen LogP contribution in [0.3, 0.4) is 0 Å². The number of hydrogen-bond acceptors (Lipinski definition) is 8. The molecule has 10 heteroatoms. The van der Waals surface area contributed by atoms with Crippen LogP contribution in [0.15, 0.2) is 12.2 Å². The number of ether oxygens (including phenoxy) is 2. The lowest BCUT2D eigenvalue weighted by molar-refractivity contribution is -0.161. The van der Waals surface area contributed by atoms with E-state index in [4.69, 9.17) is 24.3 Å². The number of nitrogens with two attached hydrogens (primary N) is 1. The Bertz CT molecular complexity index is 840. The molecule has 3 N–H and O–H groups in total. The van der Waals surface area contributed by atoms with Crippen LogP contribution in [0.25, 0.3) is 0 Å². The van der Waals surface area contributed by atoms with E-state index in [2.05, 4.69) is 26.0 Å². The van der Waals surface area contributed by atoms with Crippen molar-refractivity contribution in [2.45, 2.75) is 206 Å². The molecule has 0 spiro atoms. The van der Waals surface area contributed by atoms with E-state index >= 15 is 0 Å². The van der Waals surface area contributed by atoms with Gasteiger partial charge in [-0.15, -0.1) is 0 Å². The van der Waals surface area contributed by atoms with Gasteiger partial charge in [-0.1, -0.05) is 161 Å². The van der Waals surface area contributed by atoms with Gasteiger partial charge in [0.25, 0.3) is 0 Å². The molecule has 0 aromatic carbocycles. The van der Waals surface area contributed by atoms with Gasteiger partial charge >= 0.3 is 19.8 Å². The van der Waals surface area contributed by atoms with Gasteiger partial charge in [0, 0.05) is 19.4 Å². The summed E-state index contributed by atoms with van der Waals surface area (Å²) in [7, 11) is -4.37. The molecule has 2 atom stereocenters. The van der Waals surface area contributed by atoms with Crippen LogP contribution < -0.4 is 5.73 Å². The molecular weight excluding hydrogens is 653 g/mol. The average molecular weight is 732 g/mol.